The highest BCUT2D eigenvalue weighted by Gasteiger charge is 2.24. The number of hydrogen-bond acceptors (Lipinski definition) is 4. The first-order valence-electron chi connectivity index (χ1n) is 8.10. The minimum atomic E-state index is -0.150. The topological polar surface area (TPSA) is 64.4 Å². The molecule has 0 saturated carbocycles. The van der Waals surface area contributed by atoms with E-state index < -0.39 is 0 Å². The van der Waals surface area contributed by atoms with E-state index in [1.807, 2.05) is 6.07 Å². The second kappa shape index (κ2) is 6.00. The number of hydrogen-bond donors (Lipinski definition) is 1. The Kier molecular flexibility index (Phi) is 3.69. The molecule has 122 valence electrons. The van der Waals surface area contributed by atoms with Crippen LogP contribution < -0.4 is 10.1 Å². The van der Waals surface area contributed by atoms with E-state index >= 15 is 0 Å². The van der Waals surface area contributed by atoms with Crippen molar-refractivity contribution in [3.63, 3.8) is 0 Å². The van der Waals surface area contributed by atoms with Gasteiger partial charge in [0.15, 0.2) is 11.3 Å². The smallest absolute Gasteiger partial charge is 0.256 e. The lowest BCUT2D eigenvalue weighted by Gasteiger charge is -2.11. The minimum absolute atomic E-state index is 0.150. The van der Waals surface area contributed by atoms with Crippen molar-refractivity contribution in [1.82, 2.24) is 4.98 Å². The third-order valence-corrected chi connectivity index (χ3v) is 4.47. The van der Waals surface area contributed by atoms with Gasteiger partial charge in [-0.1, -0.05) is 0 Å². The standard InChI is InChI=1S/C19H18N2O3/c1-23-16-7-6-14(19(22)21-12-8-10-20-11-9-12)17-13-4-2-3-5-15(13)24-18(16)17/h6-11H,2-5H2,1H3,(H,20,21,22). The van der Waals surface area contributed by atoms with Crippen molar-refractivity contribution in [2.75, 3.05) is 12.4 Å². The predicted octanol–water partition coefficient (Wildman–Crippen LogP) is 3.97. The minimum Gasteiger partial charge on any atom is -0.493 e. The van der Waals surface area contributed by atoms with Crippen LogP contribution in [-0.2, 0) is 12.8 Å². The molecule has 3 aromatic rings. The first-order valence-corrected chi connectivity index (χ1v) is 8.10. The van der Waals surface area contributed by atoms with E-state index in [0.717, 1.165) is 48.1 Å². The van der Waals surface area contributed by atoms with Gasteiger partial charge in [0.05, 0.1) is 12.7 Å². The van der Waals surface area contributed by atoms with Gasteiger partial charge >= 0.3 is 0 Å². The molecule has 0 spiro atoms. The Morgan fingerprint density at radius 2 is 1.96 bits per heavy atom. The average molecular weight is 322 g/mol. The molecule has 0 bridgehead atoms. The number of pyridine rings is 1. The van der Waals surface area contributed by atoms with E-state index in [1.54, 1.807) is 37.7 Å². The summed E-state index contributed by atoms with van der Waals surface area (Å²) in [6.45, 7) is 0. The lowest BCUT2D eigenvalue weighted by Crippen LogP contribution is -2.13. The van der Waals surface area contributed by atoms with Crippen LogP contribution in [0.4, 0.5) is 5.69 Å². The van der Waals surface area contributed by atoms with Crippen LogP contribution in [0.1, 0.15) is 34.5 Å². The molecular weight excluding hydrogens is 304 g/mol. The summed E-state index contributed by atoms with van der Waals surface area (Å²) in [7, 11) is 1.62. The number of carbonyl (C=O) groups excluding carboxylic acids is 1. The maximum absolute atomic E-state index is 12.8. The summed E-state index contributed by atoms with van der Waals surface area (Å²) in [6.07, 6.45) is 7.39. The van der Waals surface area contributed by atoms with E-state index in [4.69, 9.17) is 9.15 Å². The number of ether oxygens (including phenoxy) is 1. The van der Waals surface area contributed by atoms with Gasteiger partial charge in [-0.3, -0.25) is 9.78 Å². The van der Waals surface area contributed by atoms with Crippen molar-refractivity contribution in [2.24, 2.45) is 0 Å². The fourth-order valence-corrected chi connectivity index (χ4v) is 3.33. The molecule has 0 radical (unpaired) electrons. The monoisotopic (exact) mass is 322 g/mol. The number of rotatable bonds is 3. The number of fused-ring (bicyclic) bond motifs is 3. The molecule has 0 aliphatic heterocycles. The summed E-state index contributed by atoms with van der Waals surface area (Å²) in [5, 5.41) is 3.81. The maximum atomic E-state index is 12.8. The molecule has 1 N–H and O–H groups in total. The van der Waals surface area contributed by atoms with Gasteiger partial charge in [0.2, 0.25) is 0 Å². The third-order valence-electron chi connectivity index (χ3n) is 4.47. The largest absolute Gasteiger partial charge is 0.493 e. The zero-order valence-electron chi connectivity index (χ0n) is 13.5. The maximum Gasteiger partial charge on any atom is 0.256 e. The molecule has 24 heavy (non-hydrogen) atoms. The molecule has 1 amide bonds. The van der Waals surface area contributed by atoms with Gasteiger partial charge in [-0.2, -0.15) is 0 Å². The third kappa shape index (κ3) is 2.42. The molecule has 0 fully saturated rings. The van der Waals surface area contributed by atoms with Gasteiger partial charge in [0.1, 0.15) is 5.76 Å². The Balaban J connectivity index is 1.83. The summed E-state index contributed by atoms with van der Waals surface area (Å²) in [5.74, 6) is 1.50. The summed E-state index contributed by atoms with van der Waals surface area (Å²) >= 11 is 0. The Hall–Kier alpha value is -2.82. The Bertz CT molecular complexity index is 900. The molecule has 0 atom stereocenters. The molecule has 0 saturated heterocycles. The number of methoxy groups -OCH3 is 1. The van der Waals surface area contributed by atoms with Crippen LogP contribution >= 0.6 is 0 Å². The van der Waals surface area contributed by atoms with Gasteiger partial charge in [-0.05, 0) is 43.5 Å². The molecular formula is C19H18N2O3. The number of aryl methyl sites for hydroxylation is 2. The van der Waals surface area contributed by atoms with Crippen LogP contribution in [0.15, 0.2) is 41.1 Å². The van der Waals surface area contributed by atoms with Crippen molar-refractivity contribution >= 4 is 22.6 Å². The van der Waals surface area contributed by atoms with E-state index in [-0.39, 0.29) is 5.91 Å². The van der Waals surface area contributed by atoms with E-state index in [2.05, 4.69) is 10.3 Å². The molecule has 5 heteroatoms. The summed E-state index contributed by atoms with van der Waals surface area (Å²) in [4.78, 5) is 16.8. The van der Waals surface area contributed by atoms with Crippen LogP contribution in [0.5, 0.6) is 5.75 Å². The fraction of sp³-hybridized carbons (Fsp3) is 0.263. The number of nitrogens with zero attached hydrogens (tertiary/aromatic N) is 1. The summed E-state index contributed by atoms with van der Waals surface area (Å²) in [6, 6.07) is 7.13. The number of nitrogens with one attached hydrogen (secondary N) is 1. The number of amides is 1. The lowest BCUT2D eigenvalue weighted by molar-refractivity contribution is 0.102. The molecule has 5 nitrogen and oxygen atoms in total. The molecule has 1 aliphatic rings. The zero-order chi connectivity index (χ0) is 16.5. The van der Waals surface area contributed by atoms with Crippen LogP contribution in [0.25, 0.3) is 11.0 Å². The first-order chi connectivity index (χ1) is 11.8. The average Bonchev–Trinajstić information content (AvgIpc) is 3.01. The SMILES string of the molecule is COc1ccc(C(=O)Nc2ccncc2)c2c3c(oc12)CCCC3. The second-order valence-corrected chi connectivity index (χ2v) is 5.92. The quantitative estimate of drug-likeness (QED) is 0.792. The summed E-state index contributed by atoms with van der Waals surface area (Å²) < 4.78 is 11.5. The Morgan fingerprint density at radius 3 is 2.75 bits per heavy atom. The number of aromatic nitrogens is 1. The number of benzene rings is 1. The highest BCUT2D eigenvalue weighted by Crippen LogP contribution is 2.38. The van der Waals surface area contributed by atoms with Crippen LogP contribution in [0.2, 0.25) is 0 Å². The molecule has 0 unspecified atom stereocenters. The zero-order valence-corrected chi connectivity index (χ0v) is 13.5. The lowest BCUT2D eigenvalue weighted by atomic mass is 9.93. The van der Waals surface area contributed by atoms with Gasteiger partial charge in [-0.25, -0.2) is 0 Å². The van der Waals surface area contributed by atoms with E-state index in [9.17, 15) is 4.79 Å². The van der Waals surface area contributed by atoms with Crippen LogP contribution in [-0.4, -0.2) is 18.0 Å². The van der Waals surface area contributed by atoms with Crippen molar-refractivity contribution in [2.45, 2.75) is 25.7 Å². The predicted molar refractivity (Wildman–Crippen MR) is 91.6 cm³/mol. The molecule has 4 rings (SSSR count). The van der Waals surface area contributed by atoms with E-state index in [0.29, 0.717) is 16.9 Å². The van der Waals surface area contributed by atoms with Gasteiger partial charge < -0.3 is 14.5 Å². The van der Waals surface area contributed by atoms with Crippen molar-refractivity contribution < 1.29 is 13.9 Å². The Morgan fingerprint density at radius 1 is 1.17 bits per heavy atom. The van der Waals surface area contributed by atoms with Gasteiger partial charge in [-0.15, -0.1) is 0 Å². The number of furan rings is 1. The number of carbonyl (C=O) groups is 1. The van der Waals surface area contributed by atoms with Crippen molar-refractivity contribution in [1.29, 1.82) is 0 Å². The van der Waals surface area contributed by atoms with Crippen molar-refractivity contribution in [3.05, 3.63) is 53.5 Å². The van der Waals surface area contributed by atoms with Crippen LogP contribution in [0.3, 0.4) is 0 Å². The highest BCUT2D eigenvalue weighted by molar-refractivity contribution is 6.14. The number of anilines is 1. The van der Waals surface area contributed by atoms with Crippen molar-refractivity contribution in [3.8, 4) is 5.75 Å². The second-order valence-electron chi connectivity index (χ2n) is 5.92. The molecule has 1 aromatic carbocycles. The van der Waals surface area contributed by atoms with Crippen LogP contribution in [0, 0.1) is 0 Å². The summed E-state index contributed by atoms with van der Waals surface area (Å²) in [5.41, 5.74) is 3.16. The molecule has 2 heterocycles. The first kappa shape index (κ1) is 14.8. The van der Waals surface area contributed by atoms with Gasteiger partial charge in [0.25, 0.3) is 5.91 Å². The van der Waals surface area contributed by atoms with Gasteiger partial charge in [0, 0.05) is 35.5 Å². The molecule has 2 aromatic heterocycles. The highest BCUT2D eigenvalue weighted by atomic mass is 16.5. The van der Waals surface area contributed by atoms with E-state index in [1.165, 1.54) is 0 Å². The Labute approximate surface area is 139 Å². The normalized spacial score (nSPS) is 13.5. The fourth-order valence-electron chi connectivity index (χ4n) is 3.33. The molecule has 1 aliphatic carbocycles.